The van der Waals surface area contributed by atoms with Crippen molar-refractivity contribution in [3.8, 4) is 0 Å². The largest absolute Gasteiger partial charge is 0.481 e. The van der Waals surface area contributed by atoms with E-state index in [1.807, 2.05) is 0 Å². The summed E-state index contributed by atoms with van der Waals surface area (Å²) in [4.78, 5) is 34.4. The number of carboxylic acids is 1. The summed E-state index contributed by atoms with van der Waals surface area (Å²) < 4.78 is 0. The van der Waals surface area contributed by atoms with E-state index in [2.05, 4.69) is 12.6 Å². The molecule has 4 nitrogen and oxygen atoms in total. The third kappa shape index (κ3) is 1.89. The van der Waals surface area contributed by atoms with Crippen LogP contribution in [0.5, 0.6) is 0 Å². The first kappa shape index (κ1) is 11.6. The van der Waals surface area contributed by atoms with E-state index >= 15 is 0 Å². The lowest BCUT2D eigenvalue weighted by Gasteiger charge is -2.16. The third-order valence-electron chi connectivity index (χ3n) is 2.52. The number of thiol groups is 1. The molecule has 0 amide bonds. The monoisotopic (exact) mass is 248 g/mol. The van der Waals surface area contributed by atoms with Gasteiger partial charge in [0, 0.05) is 16.7 Å². The van der Waals surface area contributed by atoms with Crippen LogP contribution < -0.4 is 0 Å². The fourth-order valence-electron chi connectivity index (χ4n) is 1.73. The molecule has 0 saturated heterocycles. The quantitative estimate of drug-likeness (QED) is 0.782. The summed E-state index contributed by atoms with van der Waals surface area (Å²) in [6.45, 7) is 0. The molecular formula is C12H8O4S. The fraction of sp³-hybridized carbons (Fsp3) is 0.0833. The van der Waals surface area contributed by atoms with Gasteiger partial charge < -0.3 is 5.11 Å². The number of benzene rings is 1. The van der Waals surface area contributed by atoms with Crippen molar-refractivity contribution in [2.75, 3.05) is 0 Å². The molecule has 17 heavy (non-hydrogen) atoms. The maximum Gasteiger partial charge on any atom is 0.308 e. The fourth-order valence-corrected chi connectivity index (χ4v) is 2.03. The molecule has 1 aromatic rings. The summed E-state index contributed by atoms with van der Waals surface area (Å²) in [5, 5.41) is 8.70. The van der Waals surface area contributed by atoms with Crippen LogP contribution in [0.25, 0.3) is 0 Å². The number of ketones is 2. The third-order valence-corrected chi connectivity index (χ3v) is 2.99. The van der Waals surface area contributed by atoms with Crippen molar-refractivity contribution in [3.63, 3.8) is 0 Å². The van der Waals surface area contributed by atoms with Gasteiger partial charge in [-0.15, -0.1) is 12.6 Å². The van der Waals surface area contributed by atoms with E-state index in [0.717, 1.165) is 0 Å². The number of Topliss-reactive ketones (excluding diaryl/α,β-unsaturated/α-hetero) is 2. The summed E-state index contributed by atoms with van der Waals surface area (Å²) in [6.07, 6.45) is -0.488. The minimum Gasteiger partial charge on any atom is -0.481 e. The molecule has 2 rings (SSSR count). The molecule has 0 heterocycles. The van der Waals surface area contributed by atoms with Crippen molar-refractivity contribution in [2.24, 2.45) is 0 Å². The van der Waals surface area contributed by atoms with Crippen LogP contribution >= 0.6 is 12.6 Å². The molecule has 0 bridgehead atoms. The number of carboxylic acid groups (broad SMARTS) is 1. The van der Waals surface area contributed by atoms with E-state index in [-0.39, 0.29) is 21.6 Å². The second-order valence-corrected chi connectivity index (χ2v) is 4.05. The van der Waals surface area contributed by atoms with Crippen LogP contribution in [0.15, 0.2) is 34.7 Å². The highest BCUT2D eigenvalue weighted by atomic mass is 32.1. The van der Waals surface area contributed by atoms with E-state index in [4.69, 9.17) is 5.11 Å². The van der Waals surface area contributed by atoms with Gasteiger partial charge in [-0.1, -0.05) is 24.3 Å². The van der Waals surface area contributed by atoms with E-state index in [9.17, 15) is 14.4 Å². The molecule has 0 spiro atoms. The Morgan fingerprint density at radius 2 is 1.65 bits per heavy atom. The van der Waals surface area contributed by atoms with Crippen LogP contribution in [0, 0.1) is 0 Å². The summed E-state index contributed by atoms with van der Waals surface area (Å²) in [7, 11) is 0. The Morgan fingerprint density at radius 3 is 2.18 bits per heavy atom. The topological polar surface area (TPSA) is 71.4 Å². The van der Waals surface area contributed by atoms with E-state index in [1.165, 1.54) is 12.1 Å². The Morgan fingerprint density at radius 1 is 1.12 bits per heavy atom. The van der Waals surface area contributed by atoms with Gasteiger partial charge in [-0.25, -0.2) is 0 Å². The molecule has 0 aliphatic heterocycles. The number of rotatable bonds is 2. The van der Waals surface area contributed by atoms with Crippen molar-refractivity contribution in [3.05, 3.63) is 45.9 Å². The SMILES string of the molecule is O=C(O)CC1=C(S)C(=O)c2ccccc2C1=O. The van der Waals surface area contributed by atoms with Crippen LogP contribution in [0.2, 0.25) is 0 Å². The van der Waals surface area contributed by atoms with Gasteiger partial charge >= 0.3 is 5.97 Å². The Labute approximate surface area is 102 Å². The molecular weight excluding hydrogens is 240 g/mol. The molecule has 5 heteroatoms. The van der Waals surface area contributed by atoms with Gasteiger partial charge in [-0.2, -0.15) is 0 Å². The molecule has 86 valence electrons. The van der Waals surface area contributed by atoms with Crippen LogP contribution in [0.3, 0.4) is 0 Å². The van der Waals surface area contributed by atoms with Gasteiger partial charge in [-0.3, -0.25) is 14.4 Å². The summed E-state index contributed by atoms with van der Waals surface area (Å²) >= 11 is 3.96. The molecule has 1 aliphatic rings. The zero-order valence-electron chi connectivity index (χ0n) is 8.64. The molecule has 0 saturated carbocycles. The van der Waals surface area contributed by atoms with Crippen LogP contribution in [-0.2, 0) is 4.79 Å². The van der Waals surface area contributed by atoms with E-state index in [0.29, 0.717) is 0 Å². The average molecular weight is 248 g/mol. The molecule has 1 N–H and O–H groups in total. The molecule has 0 unspecified atom stereocenters. The van der Waals surface area contributed by atoms with Crippen molar-refractivity contribution in [1.29, 1.82) is 0 Å². The molecule has 1 aliphatic carbocycles. The normalized spacial score (nSPS) is 14.9. The summed E-state index contributed by atoms with van der Waals surface area (Å²) in [6, 6.07) is 6.32. The number of carbonyl (C=O) groups excluding carboxylic acids is 2. The average Bonchev–Trinajstić information content (AvgIpc) is 2.31. The number of allylic oxidation sites excluding steroid dienone is 1. The highest BCUT2D eigenvalue weighted by molar-refractivity contribution is 7.85. The molecule has 0 atom stereocenters. The zero-order chi connectivity index (χ0) is 12.6. The number of carbonyl (C=O) groups is 3. The Hall–Kier alpha value is -1.88. The Kier molecular flexibility index (Phi) is 2.85. The van der Waals surface area contributed by atoms with Crippen molar-refractivity contribution in [1.82, 2.24) is 0 Å². The standard InChI is InChI=1S/C12H8O4S/c13-9(14)5-8-10(15)6-3-1-2-4-7(6)11(16)12(8)17/h1-4,17H,5H2,(H,13,14). The Balaban J connectivity index is 2.58. The van der Waals surface area contributed by atoms with Crippen LogP contribution in [0.1, 0.15) is 27.1 Å². The van der Waals surface area contributed by atoms with Gasteiger partial charge in [0.15, 0.2) is 11.6 Å². The molecule has 1 aromatic carbocycles. The van der Waals surface area contributed by atoms with Gasteiger partial charge in [0.2, 0.25) is 0 Å². The number of hydrogen-bond donors (Lipinski definition) is 2. The van der Waals surface area contributed by atoms with Gasteiger partial charge in [0.1, 0.15) is 0 Å². The van der Waals surface area contributed by atoms with Crippen LogP contribution in [-0.4, -0.2) is 22.6 Å². The minimum atomic E-state index is -1.16. The molecule has 0 fully saturated rings. The maximum absolute atomic E-state index is 12.0. The van der Waals surface area contributed by atoms with Crippen molar-refractivity contribution >= 4 is 30.2 Å². The predicted molar refractivity (Wildman–Crippen MR) is 63.4 cm³/mol. The zero-order valence-corrected chi connectivity index (χ0v) is 9.53. The second-order valence-electron chi connectivity index (χ2n) is 3.60. The van der Waals surface area contributed by atoms with E-state index < -0.39 is 24.0 Å². The van der Waals surface area contributed by atoms with Gasteiger partial charge in [0.25, 0.3) is 0 Å². The molecule has 0 radical (unpaired) electrons. The minimum absolute atomic E-state index is 0.0514. The van der Waals surface area contributed by atoms with Crippen molar-refractivity contribution < 1.29 is 19.5 Å². The number of aliphatic carboxylic acids is 1. The lowest BCUT2D eigenvalue weighted by atomic mass is 9.88. The first-order valence-corrected chi connectivity index (χ1v) is 5.29. The number of hydrogen-bond acceptors (Lipinski definition) is 4. The summed E-state index contributed by atoms with van der Waals surface area (Å²) in [5.41, 5.74) is 0.465. The lowest BCUT2D eigenvalue weighted by Crippen LogP contribution is -2.21. The van der Waals surface area contributed by atoms with Crippen molar-refractivity contribution in [2.45, 2.75) is 6.42 Å². The predicted octanol–water partition coefficient (Wildman–Crippen LogP) is 1.72. The lowest BCUT2D eigenvalue weighted by molar-refractivity contribution is -0.136. The maximum atomic E-state index is 12.0. The van der Waals surface area contributed by atoms with E-state index in [1.54, 1.807) is 12.1 Å². The van der Waals surface area contributed by atoms with Gasteiger partial charge in [0.05, 0.1) is 11.3 Å². The number of fused-ring (bicyclic) bond motifs is 1. The first-order chi connectivity index (χ1) is 8.02. The molecule has 0 aromatic heterocycles. The highest BCUT2D eigenvalue weighted by Gasteiger charge is 2.30. The van der Waals surface area contributed by atoms with Crippen LogP contribution in [0.4, 0.5) is 0 Å². The second kappa shape index (κ2) is 4.18. The van der Waals surface area contributed by atoms with Gasteiger partial charge in [-0.05, 0) is 0 Å². The smallest absolute Gasteiger partial charge is 0.308 e. The Bertz CT molecular complexity index is 572. The first-order valence-electron chi connectivity index (χ1n) is 4.84. The highest BCUT2D eigenvalue weighted by Crippen LogP contribution is 2.29. The summed E-state index contributed by atoms with van der Waals surface area (Å²) in [5.74, 6) is -2.00.